The molecule has 0 N–H and O–H groups in total. The van der Waals surface area contributed by atoms with Crippen LogP contribution in [0.15, 0.2) is 90.0 Å². The molecule has 38 heavy (non-hydrogen) atoms. The Labute approximate surface area is 222 Å². The second-order valence-corrected chi connectivity index (χ2v) is 10.8. The molecule has 0 amide bonds. The summed E-state index contributed by atoms with van der Waals surface area (Å²) in [5, 5.41) is 0. The van der Waals surface area contributed by atoms with E-state index >= 15 is 0 Å². The molecular formula is C29H30N2O6S. The van der Waals surface area contributed by atoms with Gasteiger partial charge in [-0.2, -0.15) is 4.31 Å². The molecular weight excluding hydrogens is 504 g/mol. The number of nitrogens with zero attached hydrogens (tertiary/aromatic N) is 2. The number of morpholine rings is 1. The summed E-state index contributed by atoms with van der Waals surface area (Å²) in [6.07, 6.45) is 1.87. The zero-order valence-corrected chi connectivity index (χ0v) is 21.8. The second kappa shape index (κ2) is 12.0. The lowest BCUT2D eigenvalue weighted by Crippen LogP contribution is -2.40. The molecule has 4 heterocycles. The van der Waals surface area contributed by atoms with Gasteiger partial charge in [0.2, 0.25) is 15.8 Å². The van der Waals surface area contributed by atoms with Crippen LogP contribution in [0.3, 0.4) is 0 Å². The number of ketones is 1. The quantitative estimate of drug-likeness (QED) is 0.361. The summed E-state index contributed by atoms with van der Waals surface area (Å²) in [7, 11) is -3.61. The number of sulfonamides is 1. The lowest BCUT2D eigenvalue weighted by molar-refractivity contribution is -0.0334. The Kier molecular flexibility index (Phi) is 8.31. The molecule has 198 valence electrons. The molecule has 2 saturated heterocycles. The summed E-state index contributed by atoms with van der Waals surface area (Å²) in [4.78, 5) is 13.8. The molecule has 2 aliphatic heterocycles. The van der Waals surface area contributed by atoms with E-state index in [-0.39, 0.29) is 10.7 Å². The van der Waals surface area contributed by atoms with Crippen LogP contribution in [-0.4, -0.2) is 75.6 Å². The molecule has 0 unspecified atom stereocenters. The number of hydrogen-bond acceptors (Lipinski definition) is 6. The molecule has 0 radical (unpaired) electrons. The molecule has 9 heteroatoms. The third-order valence-electron chi connectivity index (χ3n) is 6.45. The van der Waals surface area contributed by atoms with Crippen LogP contribution >= 0.6 is 0 Å². The van der Waals surface area contributed by atoms with Crippen LogP contribution in [0.4, 0.5) is 0 Å². The summed E-state index contributed by atoms with van der Waals surface area (Å²) in [6, 6.07) is 23.8. The largest absolute Gasteiger partial charge is 0.379 e. The second-order valence-electron chi connectivity index (χ2n) is 8.86. The lowest BCUT2D eigenvalue weighted by Gasteiger charge is -2.26. The van der Waals surface area contributed by atoms with Gasteiger partial charge in [-0.1, -0.05) is 36.4 Å². The normalized spacial score (nSPS) is 16.5. The van der Waals surface area contributed by atoms with Crippen LogP contribution in [0.5, 0.6) is 0 Å². The van der Waals surface area contributed by atoms with E-state index in [1.807, 2.05) is 65.2 Å². The molecule has 2 aromatic heterocycles. The SMILES string of the molecule is C1COCCO1.O=C(c1ccc(S(=O)(=O)N2CCOCC2)cc1)c1c(-c2ccccc2)cc2ccccn12. The predicted octanol–water partition coefficient (Wildman–Crippen LogP) is 3.89. The number of benzene rings is 2. The van der Waals surface area contributed by atoms with Crippen molar-refractivity contribution in [2.45, 2.75) is 4.90 Å². The summed E-state index contributed by atoms with van der Waals surface area (Å²) in [5.41, 5.74) is 3.70. The minimum atomic E-state index is -3.61. The van der Waals surface area contributed by atoms with Crippen LogP contribution in [0, 0.1) is 0 Å². The van der Waals surface area contributed by atoms with Gasteiger partial charge in [0.15, 0.2) is 0 Å². The number of hydrogen-bond donors (Lipinski definition) is 0. The summed E-state index contributed by atoms with van der Waals surface area (Å²) in [6.45, 7) is 4.55. The summed E-state index contributed by atoms with van der Waals surface area (Å²) >= 11 is 0. The molecule has 0 aliphatic carbocycles. The van der Waals surface area contributed by atoms with E-state index in [1.54, 1.807) is 12.1 Å². The first kappa shape index (κ1) is 26.3. The summed E-state index contributed by atoms with van der Waals surface area (Å²) < 4.78 is 44.2. The topological polar surface area (TPSA) is 86.5 Å². The van der Waals surface area contributed by atoms with Crippen LogP contribution in [0.1, 0.15) is 16.1 Å². The predicted molar refractivity (Wildman–Crippen MR) is 144 cm³/mol. The number of fused-ring (bicyclic) bond motifs is 1. The zero-order valence-electron chi connectivity index (χ0n) is 21.0. The standard InChI is InChI=1S/C25H22N2O4S.C4H8O2/c28-25(20-9-11-22(12-10-20)32(29,30)26-14-16-31-17-15-26)24-23(19-6-2-1-3-7-19)18-21-8-4-5-13-27(21)24;1-2-6-4-3-5-1/h1-13,18H,14-17H2;1-4H2. The highest BCUT2D eigenvalue weighted by Crippen LogP contribution is 2.30. The van der Waals surface area contributed by atoms with Crippen molar-refractivity contribution in [2.24, 2.45) is 0 Å². The number of carbonyl (C=O) groups excluding carboxylic acids is 1. The number of pyridine rings is 1. The fourth-order valence-corrected chi connectivity index (χ4v) is 5.89. The van der Waals surface area contributed by atoms with Gasteiger partial charge in [-0.25, -0.2) is 8.42 Å². The van der Waals surface area contributed by atoms with Gasteiger partial charge >= 0.3 is 0 Å². The van der Waals surface area contributed by atoms with E-state index in [1.165, 1.54) is 16.4 Å². The smallest absolute Gasteiger partial charge is 0.243 e. The van der Waals surface area contributed by atoms with Crippen LogP contribution in [0.25, 0.3) is 16.6 Å². The molecule has 0 atom stereocenters. The van der Waals surface area contributed by atoms with Gasteiger partial charge < -0.3 is 18.6 Å². The average Bonchev–Trinajstić information content (AvgIpc) is 3.39. The highest BCUT2D eigenvalue weighted by Gasteiger charge is 2.27. The van der Waals surface area contributed by atoms with E-state index in [0.29, 0.717) is 37.6 Å². The van der Waals surface area contributed by atoms with Crippen molar-refractivity contribution < 1.29 is 27.4 Å². The van der Waals surface area contributed by atoms with E-state index in [0.717, 1.165) is 43.1 Å². The maximum absolute atomic E-state index is 13.6. The van der Waals surface area contributed by atoms with Gasteiger partial charge in [0.1, 0.15) is 5.69 Å². The zero-order chi connectivity index (χ0) is 26.4. The van der Waals surface area contributed by atoms with E-state index in [4.69, 9.17) is 14.2 Å². The molecule has 2 fully saturated rings. The Morgan fingerprint density at radius 1 is 0.711 bits per heavy atom. The van der Waals surface area contributed by atoms with Gasteiger partial charge in [0.25, 0.3) is 0 Å². The van der Waals surface area contributed by atoms with Crippen molar-refractivity contribution in [3.63, 3.8) is 0 Å². The molecule has 0 saturated carbocycles. The van der Waals surface area contributed by atoms with Crippen molar-refractivity contribution in [2.75, 3.05) is 52.7 Å². The van der Waals surface area contributed by atoms with E-state index < -0.39 is 10.0 Å². The molecule has 2 aromatic carbocycles. The van der Waals surface area contributed by atoms with Crippen molar-refractivity contribution in [1.82, 2.24) is 8.71 Å². The van der Waals surface area contributed by atoms with Gasteiger partial charge in [-0.05, 0) is 48.0 Å². The van der Waals surface area contributed by atoms with Crippen molar-refractivity contribution in [1.29, 1.82) is 0 Å². The molecule has 4 aromatic rings. The monoisotopic (exact) mass is 534 g/mol. The Morgan fingerprint density at radius 2 is 1.32 bits per heavy atom. The van der Waals surface area contributed by atoms with Crippen molar-refractivity contribution in [3.8, 4) is 11.1 Å². The molecule has 2 aliphatic rings. The maximum Gasteiger partial charge on any atom is 0.243 e. The highest BCUT2D eigenvalue weighted by molar-refractivity contribution is 7.89. The van der Waals surface area contributed by atoms with E-state index in [9.17, 15) is 13.2 Å². The minimum absolute atomic E-state index is 0.162. The fraction of sp³-hybridized carbons (Fsp3) is 0.276. The van der Waals surface area contributed by atoms with Gasteiger partial charge in [-0.3, -0.25) is 4.79 Å². The molecule has 0 spiro atoms. The Balaban J connectivity index is 0.000000433. The molecule has 0 bridgehead atoms. The Hall–Kier alpha value is -3.34. The third-order valence-corrected chi connectivity index (χ3v) is 8.36. The molecule has 8 nitrogen and oxygen atoms in total. The Bertz CT molecular complexity index is 1460. The highest BCUT2D eigenvalue weighted by atomic mass is 32.2. The minimum Gasteiger partial charge on any atom is -0.379 e. The number of ether oxygens (including phenoxy) is 3. The van der Waals surface area contributed by atoms with Gasteiger partial charge in [-0.15, -0.1) is 0 Å². The number of rotatable bonds is 5. The number of aromatic nitrogens is 1. The van der Waals surface area contributed by atoms with Gasteiger partial charge in [0.05, 0.1) is 44.5 Å². The fourth-order valence-electron chi connectivity index (χ4n) is 4.48. The third kappa shape index (κ3) is 5.72. The van der Waals surface area contributed by atoms with Crippen molar-refractivity contribution >= 4 is 21.3 Å². The first-order chi connectivity index (χ1) is 18.6. The summed E-state index contributed by atoms with van der Waals surface area (Å²) in [5.74, 6) is -0.162. The van der Waals surface area contributed by atoms with Crippen LogP contribution in [-0.2, 0) is 24.2 Å². The Morgan fingerprint density at radius 3 is 1.95 bits per heavy atom. The first-order valence-electron chi connectivity index (χ1n) is 12.6. The first-order valence-corrected chi connectivity index (χ1v) is 14.0. The van der Waals surface area contributed by atoms with E-state index in [2.05, 4.69) is 0 Å². The maximum atomic E-state index is 13.6. The van der Waals surface area contributed by atoms with Gasteiger partial charge in [0, 0.05) is 35.9 Å². The lowest BCUT2D eigenvalue weighted by atomic mass is 10.0. The van der Waals surface area contributed by atoms with Crippen molar-refractivity contribution in [3.05, 3.63) is 96.3 Å². The van der Waals surface area contributed by atoms with Crippen LogP contribution in [0.2, 0.25) is 0 Å². The molecule has 6 rings (SSSR count). The number of carbonyl (C=O) groups is 1. The van der Waals surface area contributed by atoms with Crippen LogP contribution < -0.4 is 0 Å². The average molecular weight is 535 g/mol.